The van der Waals surface area contributed by atoms with Crippen LogP contribution in [0.3, 0.4) is 0 Å². The van der Waals surface area contributed by atoms with E-state index in [-0.39, 0.29) is 0 Å². The fourth-order valence-electron chi connectivity index (χ4n) is 3.77. The van der Waals surface area contributed by atoms with Crippen molar-refractivity contribution in [2.75, 3.05) is 0 Å². The molecule has 0 radical (unpaired) electrons. The maximum atomic E-state index is 5.60. The third-order valence-electron chi connectivity index (χ3n) is 4.95. The zero-order chi connectivity index (χ0) is 14.2. The van der Waals surface area contributed by atoms with Gasteiger partial charge in [-0.3, -0.25) is 0 Å². The normalized spacial score (nSPS) is 22.6. The minimum atomic E-state index is 0.437. The van der Waals surface area contributed by atoms with Crippen molar-refractivity contribution < 1.29 is 4.42 Å². The lowest BCUT2D eigenvalue weighted by molar-refractivity contribution is 0.387. The lowest BCUT2D eigenvalue weighted by Crippen LogP contribution is -2.26. The maximum absolute atomic E-state index is 5.60. The summed E-state index contributed by atoms with van der Waals surface area (Å²) in [6.45, 7) is 2.31. The summed E-state index contributed by atoms with van der Waals surface area (Å²) >= 11 is 2.03. The molecule has 2 aliphatic rings. The number of hydrogen-bond acceptors (Lipinski definition) is 3. The van der Waals surface area contributed by atoms with E-state index in [4.69, 9.17) is 4.42 Å². The van der Waals surface area contributed by atoms with Crippen molar-refractivity contribution in [2.24, 2.45) is 0 Å². The van der Waals surface area contributed by atoms with Crippen LogP contribution in [0, 0.1) is 0 Å². The largest absolute Gasteiger partial charge is 0.469 e. The highest BCUT2D eigenvalue weighted by atomic mass is 32.1. The molecule has 0 aliphatic heterocycles. The molecule has 2 aromatic heterocycles. The van der Waals surface area contributed by atoms with Gasteiger partial charge >= 0.3 is 0 Å². The number of furan rings is 1. The van der Waals surface area contributed by atoms with E-state index in [0.717, 1.165) is 6.42 Å². The summed E-state index contributed by atoms with van der Waals surface area (Å²) < 4.78 is 5.60. The van der Waals surface area contributed by atoms with Gasteiger partial charge in [-0.2, -0.15) is 0 Å². The molecule has 2 aliphatic carbocycles. The second kappa shape index (κ2) is 5.62. The average molecular weight is 301 g/mol. The number of rotatable bonds is 3. The van der Waals surface area contributed by atoms with E-state index in [0.29, 0.717) is 12.1 Å². The molecule has 2 atom stereocenters. The molecule has 0 spiro atoms. The van der Waals surface area contributed by atoms with E-state index < -0.39 is 0 Å². The fraction of sp³-hybridized carbons (Fsp3) is 0.556. The minimum absolute atomic E-state index is 0.437. The topological polar surface area (TPSA) is 25.2 Å². The summed E-state index contributed by atoms with van der Waals surface area (Å²) in [4.78, 5) is 3.15. The molecule has 0 saturated heterocycles. The van der Waals surface area contributed by atoms with Crippen molar-refractivity contribution in [3.8, 4) is 0 Å². The Hall–Kier alpha value is -1.06. The first kappa shape index (κ1) is 13.6. The number of hydrogen-bond donors (Lipinski definition) is 1. The summed E-state index contributed by atoms with van der Waals surface area (Å²) in [7, 11) is 0. The lowest BCUT2D eigenvalue weighted by Gasteiger charge is -2.26. The lowest BCUT2D eigenvalue weighted by atomic mass is 9.92. The summed E-state index contributed by atoms with van der Waals surface area (Å²) in [6.07, 6.45) is 10.7. The summed E-state index contributed by atoms with van der Waals surface area (Å²) in [5.41, 5.74) is 3.00. The van der Waals surface area contributed by atoms with Gasteiger partial charge < -0.3 is 9.73 Å². The van der Waals surface area contributed by atoms with Crippen LogP contribution in [0.4, 0.5) is 0 Å². The fourth-order valence-corrected chi connectivity index (χ4v) is 5.04. The number of thiophene rings is 1. The van der Waals surface area contributed by atoms with E-state index in [9.17, 15) is 0 Å². The molecule has 0 amide bonds. The van der Waals surface area contributed by atoms with Crippen LogP contribution in [0.25, 0.3) is 0 Å². The molecule has 2 unspecified atom stereocenters. The van der Waals surface area contributed by atoms with E-state index in [2.05, 4.69) is 24.4 Å². The van der Waals surface area contributed by atoms with Crippen molar-refractivity contribution in [1.82, 2.24) is 5.32 Å². The van der Waals surface area contributed by atoms with Gasteiger partial charge in [0.15, 0.2) is 0 Å². The second-order valence-electron chi connectivity index (χ2n) is 6.44. The average Bonchev–Trinajstić information content (AvgIpc) is 3.14. The van der Waals surface area contributed by atoms with Crippen molar-refractivity contribution in [1.29, 1.82) is 0 Å². The Labute approximate surface area is 130 Å². The van der Waals surface area contributed by atoms with Crippen LogP contribution in [-0.4, -0.2) is 0 Å². The van der Waals surface area contributed by atoms with Crippen molar-refractivity contribution in [3.63, 3.8) is 0 Å². The first-order valence-corrected chi connectivity index (χ1v) is 9.06. The number of fused-ring (bicyclic) bond motifs is 2. The Bertz CT molecular complexity index is 603. The Morgan fingerprint density at radius 3 is 3.05 bits per heavy atom. The smallest absolute Gasteiger partial charge is 0.108 e. The van der Waals surface area contributed by atoms with Crippen molar-refractivity contribution in [2.45, 2.75) is 64.0 Å². The van der Waals surface area contributed by atoms with Gasteiger partial charge in [0, 0.05) is 33.8 Å². The molecule has 0 saturated carbocycles. The Morgan fingerprint density at radius 1 is 1.24 bits per heavy atom. The predicted molar refractivity (Wildman–Crippen MR) is 86.9 cm³/mol. The highest BCUT2D eigenvalue weighted by molar-refractivity contribution is 7.12. The van der Waals surface area contributed by atoms with Crippen LogP contribution in [0.15, 0.2) is 22.8 Å². The number of aryl methyl sites for hydroxylation is 3. The first-order valence-electron chi connectivity index (χ1n) is 8.25. The molecular weight excluding hydrogens is 278 g/mol. The quantitative estimate of drug-likeness (QED) is 0.868. The minimum Gasteiger partial charge on any atom is -0.469 e. The molecule has 0 aromatic carbocycles. The van der Waals surface area contributed by atoms with Gasteiger partial charge in [0.2, 0.25) is 0 Å². The van der Waals surface area contributed by atoms with Crippen LogP contribution in [0.1, 0.15) is 71.3 Å². The van der Waals surface area contributed by atoms with Gasteiger partial charge in [-0.25, -0.2) is 0 Å². The molecule has 4 rings (SSSR count). The second-order valence-corrected chi connectivity index (χ2v) is 7.60. The molecule has 1 N–H and O–H groups in total. The van der Waals surface area contributed by atoms with E-state index in [1.807, 2.05) is 17.6 Å². The molecule has 21 heavy (non-hydrogen) atoms. The molecule has 3 heteroatoms. The van der Waals surface area contributed by atoms with Crippen LogP contribution < -0.4 is 5.32 Å². The molecule has 2 heterocycles. The van der Waals surface area contributed by atoms with Gasteiger partial charge in [-0.15, -0.1) is 11.3 Å². The van der Waals surface area contributed by atoms with Gasteiger partial charge in [0.25, 0.3) is 0 Å². The number of nitrogens with one attached hydrogen (secondary N) is 1. The van der Waals surface area contributed by atoms with Gasteiger partial charge in [0.1, 0.15) is 5.76 Å². The third kappa shape index (κ3) is 2.58. The molecule has 2 nitrogen and oxygen atoms in total. The first-order chi connectivity index (χ1) is 10.3. The van der Waals surface area contributed by atoms with Crippen LogP contribution in [0.5, 0.6) is 0 Å². The Morgan fingerprint density at radius 2 is 2.14 bits per heavy atom. The predicted octanol–water partition coefficient (Wildman–Crippen LogP) is 4.95. The molecule has 0 fully saturated rings. The SMILES string of the molecule is CC(NC1CCCc2occc21)c1cc2c(s1)CCCC2. The monoisotopic (exact) mass is 301 g/mol. The summed E-state index contributed by atoms with van der Waals surface area (Å²) in [5.74, 6) is 1.19. The summed E-state index contributed by atoms with van der Waals surface area (Å²) in [6, 6.07) is 5.50. The molecule has 0 bridgehead atoms. The van der Waals surface area contributed by atoms with E-state index in [1.165, 1.54) is 54.7 Å². The Balaban J connectivity index is 1.51. The standard InChI is InChI=1S/C18H23NOS/c1-12(18-11-13-5-2-3-8-17(13)21-18)19-15-6-4-7-16-14(15)9-10-20-16/h9-12,15,19H,2-8H2,1H3. The highest BCUT2D eigenvalue weighted by Gasteiger charge is 2.25. The van der Waals surface area contributed by atoms with E-state index >= 15 is 0 Å². The zero-order valence-corrected chi connectivity index (χ0v) is 13.5. The third-order valence-corrected chi connectivity index (χ3v) is 6.37. The van der Waals surface area contributed by atoms with Crippen molar-refractivity contribution in [3.05, 3.63) is 45.0 Å². The van der Waals surface area contributed by atoms with Crippen LogP contribution in [-0.2, 0) is 19.3 Å². The van der Waals surface area contributed by atoms with Gasteiger partial charge in [-0.1, -0.05) is 0 Å². The van der Waals surface area contributed by atoms with Crippen molar-refractivity contribution >= 4 is 11.3 Å². The highest BCUT2D eigenvalue weighted by Crippen LogP contribution is 2.36. The molecule has 112 valence electrons. The van der Waals surface area contributed by atoms with Crippen LogP contribution >= 0.6 is 11.3 Å². The summed E-state index contributed by atoms with van der Waals surface area (Å²) in [5, 5.41) is 3.84. The molecular formula is C18H23NOS. The Kier molecular flexibility index (Phi) is 3.64. The van der Waals surface area contributed by atoms with E-state index in [1.54, 1.807) is 10.4 Å². The van der Waals surface area contributed by atoms with Gasteiger partial charge in [-0.05, 0) is 63.1 Å². The van der Waals surface area contributed by atoms with Gasteiger partial charge in [0.05, 0.1) is 6.26 Å². The van der Waals surface area contributed by atoms with Crippen LogP contribution in [0.2, 0.25) is 0 Å². The zero-order valence-electron chi connectivity index (χ0n) is 12.7. The maximum Gasteiger partial charge on any atom is 0.108 e. The molecule has 2 aromatic rings.